The van der Waals surface area contributed by atoms with Gasteiger partial charge in [-0.2, -0.15) is 5.10 Å². The highest BCUT2D eigenvalue weighted by molar-refractivity contribution is 6.33. The predicted octanol–water partition coefficient (Wildman–Crippen LogP) is 3.57. The SMILES string of the molecule is Cc1nn(Cc2ccc(F)cc2)c(Cl)c1C(=O)N1CCN(CC(=O)Nc2ccc(F)cc2)CC1. The van der Waals surface area contributed by atoms with Crippen molar-refractivity contribution in [3.8, 4) is 0 Å². The minimum atomic E-state index is -0.366. The molecule has 34 heavy (non-hydrogen) atoms. The number of carbonyl (C=O) groups excluding carboxylic acids is 2. The highest BCUT2D eigenvalue weighted by Crippen LogP contribution is 2.23. The fraction of sp³-hybridized carbons (Fsp3) is 0.292. The first-order valence-electron chi connectivity index (χ1n) is 10.8. The number of hydrogen-bond acceptors (Lipinski definition) is 4. The molecule has 0 aliphatic carbocycles. The van der Waals surface area contributed by atoms with Gasteiger partial charge in [0.15, 0.2) is 0 Å². The first-order valence-corrected chi connectivity index (χ1v) is 11.2. The summed E-state index contributed by atoms with van der Waals surface area (Å²) >= 11 is 6.50. The van der Waals surface area contributed by atoms with Crippen LogP contribution in [0.15, 0.2) is 48.5 Å². The number of anilines is 1. The molecule has 178 valence electrons. The number of nitrogens with one attached hydrogen (secondary N) is 1. The average Bonchev–Trinajstić information content (AvgIpc) is 3.09. The van der Waals surface area contributed by atoms with Gasteiger partial charge < -0.3 is 10.2 Å². The molecule has 1 aliphatic rings. The molecular weight excluding hydrogens is 464 g/mol. The third-order valence-corrected chi connectivity index (χ3v) is 6.06. The fourth-order valence-electron chi connectivity index (χ4n) is 3.87. The number of aryl methyl sites for hydroxylation is 1. The normalized spacial score (nSPS) is 14.3. The molecule has 7 nitrogen and oxygen atoms in total. The summed E-state index contributed by atoms with van der Waals surface area (Å²) in [5, 5.41) is 7.38. The predicted molar refractivity (Wildman–Crippen MR) is 125 cm³/mol. The van der Waals surface area contributed by atoms with Crippen molar-refractivity contribution in [3.63, 3.8) is 0 Å². The Balaban J connectivity index is 1.33. The monoisotopic (exact) mass is 487 g/mol. The standard InChI is InChI=1S/C24H24ClF2N5O2/c1-16-22(23(25)32(29-16)14-17-2-4-18(26)5-3-17)24(34)31-12-10-30(11-13-31)15-21(33)28-20-8-6-19(27)7-9-20/h2-9H,10-15H2,1H3,(H,28,33). The van der Waals surface area contributed by atoms with Crippen LogP contribution in [0.1, 0.15) is 21.6 Å². The lowest BCUT2D eigenvalue weighted by Crippen LogP contribution is -2.50. The van der Waals surface area contributed by atoms with Crippen molar-refractivity contribution in [1.29, 1.82) is 0 Å². The van der Waals surface area contributed by atoms with Gasteiger partial charge in [-0.1, -0.05) is 23.7 Å². The van der Waals surface area contributed by atoms with Crippen LogP contribution < -0.4 is 5.32 Å². The number of halogens is 3. The maximum Gasteiger partial charge on any atom is 0.258 e. The van der Waals surface area contributed by atoms with Crippen LogP contribution in [0.25, 0.3) is 0 Å². The Kier molecular flexibility index (Phi) is 7.23. The maximum absolute atomic E-state index is 13.2. The third kappa shape index (κ3) is 5.60. The number of rotatable bonds is 6. The lowest BCUT2D eigenvalue weighted by atomic mass is 10.2. The molecule has 2 heterocycles. The Morgan fingerprint density at radius 3 is 2.18 bits per heavy atom. The zero-order valence-corrected chi connectivity index (χ0v) is 19.4. The van der Waals surface area contributed by atoms with Crippen LogP contribution in [0.4, 0.5) is 14.5 Å². The molecule has 3 aromatic rings. The minimum Gasteiger partial charge on any atom is -0.336 e. The number of aromatic nitrogens is 2. The topological polar surface area (TPSA) is 70.5 Å². The molecule has 0 atom stereocenters. The van der Waals surface area contributed by atoms with E-state index in [1.54, 1.807) is 24.0 Å². The van der Waals surface area contributed by atoms with Crippen molar-refractivity contribution < 1.29 is 18.4 Å². The summed E-state index contributed by atoms with van der Waals surface area (Å²) in [5.74, 6) is -1.10. The summed E-state index contributed by atoms with van der Waals surface area (Å²) in [4.78, 5) is 29.1. The smallest absolute Gasteiger partial charge is 0.258 e. The van der Waals surface area contributed by atoms with Crippen LogP contribution in [0.3, 0.4) is 0 Å². The third-order valence-electron chi connectivity index (χ3n) is 5.68. The van der Waals surface area contributed by atoms with E-state index in [4.69, 9.17) is 11.6 Å². The Morgan fingerprint density at radius 1 is 0.971 bits per heavy atom. The van der Waals surface area contributed by atoms with Crippen LogP contribution >= 0.6 is 11.6 Å². The molecule has 0 spiro atoms. The van der Waals surface area contributed by atoms with E-state index in [1.807, 2.05) is 4.90 Å². The van der Waals surface area contributed by atoms with Gasteiger partial charge in [0.1, 0.15) is 16.8 Å². The lowest BCUT2D eigenvalue weighted by molar-refractivity contribution is -0.117. The van der Waals surface area contributed by atoms with Crippen LogP contribution in [-0.2, 0) is 11.3 Å². The molecule has 4 rings (SSSR count). The Labute approximate surface area is 200 Å². The van der Waals surface area contributed by atoms with Crippen molar-refractivity contribution in [2.45, 2.75) is 13.5 Å². The van der Waals surface area contributed by atoms with Gasteiger partial charge in [-0.15, -0.1) is 0 Å². The van der Waals surface area contributed by atoms with Gasteiger partial charge in [0.25, 0.3) is 5.91 Å². The van der Waals surface area contributed by atoms with Crippen molar-refractivity contribution in [3.05, 3.63) is 82.1 Å². The lowest BCUT2D eigenvalue weighted by Gasteiger charge is -2.34. The average molecular weight is 488 g/mol. The first-order chi connectivity index (χ1) is 16.3. The minimum absolute atomic E-state index is 0.175. The molecule has 1 saturated heterocycles. The van der Waals surface area contributed by atoms with E-state index in [0.29, 0.717) is 49.7 Å². The van der Waals surface area contributed by atoms with E-state index in [1.165, 1.54) is 41.1 Å². The number of hydrogen-bond donors (Lipinski definition) is 1. The van der Waals surface area contributed by atoms with Gasteiger partial charge in [0.2, 0.25) is 5.91 Å². The maximum atomic E-state index is 13.2. The molecule has 2 aromatic carbocycles. The summed E-state index contributed by atoms with van der Waals surface area (Å²) in [7, 11) is 0. The highest BCUT2D eigenvalue weighted by atomic mass is 35.5. The van der Waals surface area contributed by atoms with Crippen LogP contribution in [0, 0.1) is 18.6 Å². The zero-order chi connectivity index (χ0) is 24.2. The number of piperazine rings is 1. The van der Waals surface area contributed by atoms with Crippen molar-refractivity contribution in [1.82, 2.24) is 19.6 Å². The molecule has 1 N–H and O–H groups in total. The highest BCUT2D eigenvalue weighted by Gasteiger charge is 2.28. The van der Waals surface area contributed by atoms with Crippen LogP contribution in [0.2, 0.25) is 5.15 Å². The van der Waals surface area contributed by atoms with Gasteiger partial charge >= 0.3 is 0 Å². The zero-order valence-electron chi connectivity index (χ0n) is 18.6. The summed E-state index contributed by atoms with van der Waals surface area (Å²) in [6.07, 6.45) is 0. The van der Waals surface area contributed by atoms with E-state index in [9.17, 15) is 18.4 Å². The van der Waals surface area contributed by atoms with Crippen LogP contribution in [-0.4, -0.2) is 64.1 Å². The quantitative estimate of drug-likeness (QED) is 0.577. The second-order valence-corrected chi connectivity index (χ2v) is 8.52. The molecule has 0 saturated carbocycles. The molecule has 1 aromatic heterocycles. The largest absolute Gasteiger partial charge is 0.336 e. The fourth-order valence-corrected chi connectivity index (χ4v) is 4.18. The summed E-state index contributed by atoms with van der Waals surface area (Å²) in [6.45, 7) is 4.18. The molecule has 0 radical (unpaired) electrons. The molecule has 1 aliphatic heterocycles. The van der Waals surface area contributed by atoms with Gasteiger partial charge in [-0.3, -0.25) is 14.5 Å². The first kappa shape index (κ1) is 23.8. The van der Waals surface area contributed by atoms with Gasteiger partial charge in [0, 0.05) is 31.9 Å². The van der Waals surface area contributed by atoms with Crippen molar-refractivity contribution in [2.75, 3.05) is 38.0 Å². The van der Waals surface area contributed by atoms with E-state index < -0.39 is 0 Å². The van der Waals surface area contributed by atoms with E-state index in [0.717, 1.165) is 5.56 Å². The van der Waals surface area contributed by atoms with E-state index >= 15 is 0 Å². The number of carbonyl (C=O) groups is 2. The van der Waals surface area contributed by atoms with Crippen molar-refractivity contribution >= 4 is 29.1 Å². The Bertz CT molecular complexity index is 1170. The number of nitrogens with zero attached hydrogens (tertiary/aromatic N) is 4. The second-order valence-electron chi connectivity index (χ2n) is 8.16. The molecule has 0 bridgehead atoms. The van der Waals surface area contributed by atoms with E-state index in [-0.39, 0.29) is 35.1 Å². The van der Waals surface area contributed by atoms with Gasteiger partial charge in [-0.05, 0) is 48.9 Å². The summed E-state index contributed by atoms with van der Waals surface area (Å²) < 4.78 is 27.7. The summed E-state index contributed by atoms with van der Waals surface area (Å²) in [5.41, 5.74) is 2.23. The number of amides is 2. The molecule has 0 unspecified atom stereocenters. The van der Waals surface area contributed by atoms with Gasteiger partial charge in [0.05, 0.1) is 24.3 Å². The molecule has 1 fully saturated rings. The Hall–Kier alpha value is -3.30. The molecule has 10 heteroatoms. The van der Waals surface area contributed by atoms with Crippen LogP contribution in [0.5, 0.6) is 0 Å². The molecule has 2 amide bonds. The number of benzene rings is 2. The van der Waals surface area contributed by atoms with Crippen molar-refractivity contribution in [2.24, 2.45) is 0 Å². The summed E-state index contributed by atoms with van der Waals surface area (Å²) in [6, 6.07) is 11.6. The second kappa shape index (κ2) is 10.3. The van der Waals surface area contributed by atoms with E-state index in [2.05, 4.69) is 10.4 Å². The van der Waals surface area contributed by atoms with Gasteiger partial charge in [-0.25, -0.2) is 13.5 Å². The molecular formula is C24H24ClF2N5O2. The Morgan fingerprint density at radius 2 is 1.56 bits per heavy atom.